The van der Waals surface area contributed by atoms with Crippen LogP contribution in [0.25, 0.3) is 0 Å². The summed E-state index contributed by atoms with van der Waals surface area (Å²) < 4.78 is 29.6. The van der Waals surface area contributed by atoms with Crippen LogP contribution in [0.3, 0.4) is 0 Å². The van der Waals surface area contributed by atoms with Gasteiger partial charge in [0.15, 0.2) is 0 Å². The number of aliphatic hydroxyl groups excluding tert-OH is 1. The SMILES string of the molecule is COC1CNC(C(=O)N(CCO)CC(F)F)C1. The maximum absolute atomic E-state index is 12.3. The first-order valence-corrected chi connectivity index (χ1v) is 5.52. The number of rotatable bonds is 6. The van der Waals surface area contributed by atoms with Gasteiger partial charge in [-0.1, -0.05) is 0 Å². The molecule has 0 saturated carbocycles. The Bertz CT molecular complexity index is 254. The average molecular weight is 252 g/mol. The van der Waals surface area contributed by atoms with Gasteiger partial charge in [0.05, 0.1) is 25.3 Å². The Morgan fingerprint density at radius 3 is 2.82 bits per heavy atom. The van der Waals surface area contributed by atoms with Crippen LogP contribution in [0, 0.1) is 0 Å². The maximum Gasteiger partial charge on any atom is 0.255 e. The summed E-state index contributed by atoms with van der Waals surface area (Å²) in [4.78, 5) is 12.9. The molecule has 1 heterocycles. The molecule has 1 saturated heterocycles. The molecular weight excluding hydrogens is 234 g/mol. The quantitative estimate of drug-likeness (QED) is 0.666. The molecule has 1 aliphatic rings. The average Bonchev–Trinajstić information content (AvgIpc) is 2.75. The molecule has 0 aliphatic carbocycles. The van der Waals surface area contributed by atoms with Crippen LogP contribution in [-0.4, -0.2) is 67.8 Å². The van der Waals surface area contributed by atoms with Crippen molar-refractivity contribution in [1.29, 1.82) is 0 Å². The van der Waals surface area contributed by atoms with Gasteiger partial charge in [-0.05, 0) is 6.42 Å². The summed E-state index contributed by atoms with van der Waals surface area (Å²) in [6.07, 6.45) is -2.18. The number of alkyl halides is 2. The van der Waals surface area contributed by atoms with E-state index in [4.69, 9.17) is 9.84 Å². The van der Waals surface area contributed by atoms with Gasteiger partial charge in [0.2, 0.25) is 5.91 Å². The zero-order chi connectivity index (χ0) is 12.8. The van der Waals surface area contributed by atoms with Gasteiger partial charge in [0, 0.05) is 20.2 Å². The van der Waals surface area contributed by atoms with Crippen LogP contribution >= 0.6 is 0 Å². The van der Waals surface area contributed by atoms with Crippen LogP contribution in [0.1, 0.15) is 6.42 Å². The molecule has 0 radical (unpaired) electrons. The van der Waals surface area contributed by atoms with Gasteiger partial charge in [-0.3, -0.25) is 4.79 Å². The predicted octanol–water partition coefficient (Wildman–Crippen LogP) is -0.551. The van der Waals surface area contributed by atoms with E-state index >= 15 is 0 Å². The van der Waals surface area contributed by atoms with Crippen molar-refractivity contribution < 1.29 is 23.4 Å². The number of hydrogen-bond donors (Lipinski definition) is 2. The molecule has 0 aromatic carbocycles. The zero-order valence-electron chi connectivity index (χ0n) is 9.73. The molecule has 2 unspecified atom stereocenters. The summed E-state index contributed by atoms with van der Waals surface area (Å²) in [6.45, 7) is -0.498. The summed E-state index contributed by atoms with van der Waals surface area (Å²) in [5, 5.41) is 11.7. The van der Waals surface area contributed by atoms with E-state index < -0.39 is 24.9 Å². The number of nitrogens with one attached hydrogen (secondary N) is 1. The summed E-state index contributed by atoms with van der Waals surface area (Å²) in [5.41, 5.74) is 0. The smallest absolute Gasteiger partial charge is 0.255 e. The summed E-state index contributed by atoms with van der Waals surface area (Å²) >= 11 is 0. The van der Waals surface area contributed by atoms with Gasteiger partial charge in [-0.25, -0.2) is 8.78 Å². The second kappa shape index (κ2) is 6.83. The molecule has 1 rings (SSSR count). The van der Waals surface area contributed by atoms with Crippen LogP contribution < -0.4 is 5.32 Å². The lowest BCUT2D eigenvalue weighted by Crippen LogP contribution is -2.46. The number of carbonyl (C=O) groups excluding carboxylic acids is 1. The third-order valence-corrected chi connectivity index (χ3v) is 2.76. The normalized spacial score (nSPS) is 24.3. The number of amides is 1. The van der Waals surface area contributed by atoms with Crippen molar-refractivity contribution in [2.45, 2.75) is 25.0 Å². The van der Waals surface area contributed by atoms with E-state index in [1.54, 1.807) is 7.11 Å². The van der Waals surface area contributed by atoms with Gasteiger partial charge >= 0.3 is 0 Å². The highest BCUT2D eigenvalue weighted by Crippen LogP contribution is 2.13. The van der Waals surface area contributed by atoms with E-state index in [-0.39, 0.29) is 19.3 Å². The fraction of sp³-hybridized carbons (Fsp3) is 0.900. The number of methoxy groups -OCH3 is 1. The van der Waals surface area contributed by atoms with Gasteiger partial charge in [0.1, 0.15) is 0 Å². The summed E-state index contributed by atoms with van der Waals surface area (Å²) in [6, 6.07) is -0.495. The first kappa shape index (κ1) is 14.3. The van der Waals surface area contributed by atoms with Crippen molar-refractivity contribution in [3.63, 3.8) is 0 Å². The van der Waals surface area contributed by atoms with E-state index in [2.05, 4.69) is 5.32 Å². The van der Waals surface area contributed by atoms with Crippen LogP contribution in [0.5, 0.6) is 0 Å². The molecule has 17 heavy (non-hydrogen) atoms. The fourth-order valence-corrected chi connectivity index (χ4v) is 1.87. The molecule has 0 spiro atoms. The van der Waals surface area contributed by atoms with E-state index in [1.807, 2.05) is 0 Å². The molecule has 0 bridgehead atoms. The number of ether oxygens (including phenoxy) is 1. The minimum Gasteiger partial charge on any atom is -0.395 e. The Kier molecular flexibility index (Phi) is 5.73. The second-order valence-corrected chi connectivity index (χ2v) is 3.95. The number of carbonyl (C=O) groups is 1. The Balaban J connectivity index is 2.52. The third-order valence-electron chi connectivity index (χ3n) is 2.76. The first-order chi connectivity index (χ1) is 8.08. The summed E-state index contributed by atoms with van der Waals surface area (Å²) in [7, 11) is 1.55. The van der Waals surface area contributed by atoms with Crippen molar-refractivity contribution >= 4 is 5.91 Å². The maximum atomic E-state index is 12.3. The van der Waals surface area contributed by atoms with Crippen LogP contribution in [0.15, 0.2) is 0 Å². The predicted molar refractivity (Wildman–Crippen MR) is 56.9 cm³/mol. The highest BCUT2D eigenvalue weighted by Gasteiger charge is 2.32. The lowest BCUT2D eigenvalue weighted by atomic mass is 10.2. The van der Waals surface area contributed by atoms with E-state index in [1.165, 1.54) is 0 Å². The molecule has 7 heteroatoms. The van der Waals surface area contributed by atoms with Crippen molar-refractivity contribution in [3.8, 4) is 0 Å². The number of aliphatic hydroxyl groups is 1. The van der Waals surface area contributed by atoms with E-state index in [0.717, 1.165) is 4.90 Å². The largest absolute Gasteiger partial charge is 0.395 e. The Morgan fingerprint density at radius 2 is 2.35 bits per heavy atom. The zero-order valence-corrected chi connectivity index (χ0v) is 9.73. The molecular formula is C10H18F2N2O3. The van der Waals surface area contributed by atoms with Crippen molar-refractivity contribution in [2.75, 3.05) is 33.4 Å². The Labute approximate surface area is 98.7 Å². The Morgan fingerprint density at radius 1 is 1.65 bits per heavy atom. The van der Waals surface area contributed by atoms with E-state index in [0.29, 0.717) is 13.0 Å². The van der Waals surface area contributed by atoms with Crippen molar-refractivity contribution in [2.24, 2.45) is 0 Å². The molecule has 100 valence electrons. The van der Waals surface area contributed by atoms with Crippen LogP contribution in [0.4, 0.5) is 8.78 Å². The summed E-state index contributed by atoms with van der Waals surface area (Å²) in [5.74, 6) is -0.404. The second-order valence-electron chi connectivity index (χ2n) is 3.95. The monoisotopic (exact) mass is 252 g/mol. The van der Waals surface area contributed by atoms with Gasteiger partial charge in [0.25, 0.3) is 6.43 Å². The molecule has 1 amide bonds. The number of halogens is 2. The number of nitrogens with zero attached hydrogens (tertiary/aromatic N) is 1. The molecule has 1 fully saturated rings. The van der Waals surface area contributed by atoms with Gasteiger partial charge in [-0.2, -0.15) is 0 Å². The Hall–Kier alpha value is -0.790. The standard InChI is InChI=1S/C10H18F2N2O3/c1-17-7-4-8(13-5-7)10(16)14(2-3-15)6-9(11)12/h7-9,13,15H,2-6H2,1H3. The molecule has 0 aromatic heterocycles. The lowest BCUT2D eigenvalue weighted by molar-refractivity contribution is -0.135. The lowest BCUT2D eigenvalue weighted by Gasteiger charge is -2.24. The highest BCUT2D eigenvalue weighted by molar-refractivity contribution is 5.82. The van der Waals surface area contributed by atoms with E-state index in [9.17, 15) is 13.6 Å². The first-order valence-electron chi connectivity index (χ1n) is 5.52. The molecule has 1 aliphatic heterocycles. The molecule has 2 atom stereocenters. The van der Waals surface area contributed by atoms with Gasteiger partial charge in [-0.15, -0.1) is 0 Å². The minimum atomic E-state index is -2.59. The molecule has 2 N–H and O–H groups in total. The topological polar surface area (TPSA) is 61.8 Å². The molecule has 0 aromatic rings. The van der Waals surface area contributed by atoms with Crippen LogP contribution in [0.2, 0.25) is 0 Å². The minimum absolute atomic E-state index is 0.0634. The van der Waals surface area contributed by atoms with Gasteiger partial charge < -0.3 is 20.1 Å². The highest BCUT2D eigenvalue weighted by atomic mass is 19.3. The van der Waals surface area contributed by atoms with Crippen molar-refractivity contribution in [3.05, 3.63) is 0 Å². The number of hydrogen-bond acceptors (Lipinski definition) is 4. The van der Waals surface area contributed by atoms with Crippen molar-refractivity contribution in [1.82, 2.24) is 10.2 Å². The van der Waals surface area contributed by atoms with Crippen LogP contribution in [-0.2, 0) is 9.53 Å². The molecule has 5 nitrogen and oxygen atoms in total. The fourth-order valence-electron chi connectivity index (χ4n) is 1.87. The third kappa shape index (κ3) is 4.18.